The van der Waals surface area contributed by atoms with Crippen molar-refractivity contribution in [1.82, 2.24) is 10.8 Å². The number of rotatable bonds is 5. The van der Waals surface area contributed by atoms with Crippen molar-refractivity contribution < 1.29 is 49.9 Å². The van der Waals surface area contributed by atoms with E-state index in [-0.39, 0.29) is 0 Å². The fourth-order valence-corrected chi connectivity index (χ4v) is 2.21. The fourth-order valence-electron chi connectivity index (χ4n) is 2.21. The van der Waals surface area contributed by atoms with Crippen molar-refractivity contribution in [3.05, 3.63) is 0 Å². The van der Waals surface area contributed by atoms with Gasteiger partial charge in [0.25, 0.3) is 11.7 Å². The minimum Gasteiger partial charge on any atom is -0.477 e. The van der Waals surface area contributed by atoms with Crippen molar-refractivity contribution in [2.75, 3.05) is 0 Å². The van der Waals surface area contributed by atoms with Crippen LogP contribution >= 0.6 is 0 Å². The van der Waals surface area contributed by atoms with E-state index in [1.165, 1.54) is 0 Å². The first-order valence-electron chi connectivity index (χ1n) is 6.42. The fraction of sp³-hybridized carbons (Fsp3) is 0.727. The summed E-state index contributed by atoms with van der Waals surface area (Å²) < 4.78 is 4.81. The van der Waals surface area contributed by atoms with Crippen LogP contribution in [0.2, 0.25) is 0 Å². The molecular weight excluding hydrogens is 320 g/mol. The van der Waals surface area contributed by atoms with Gasteiger partial charge in [-0.25, -0.2) is 10.3 Å². The van der Waals surface area contributed by atoms with Crippen LogP contribution in [0.5, 0.6) is 0 Å². The first-order chi connectivity index (χ1) is 10.5. The zero-order valence-corrected chi connectivity index (χ0v) is 11.9. The van der Waals surface area contributed by atoms with E-state index in [0.717, 1.165) is 12.4 Å². The maximum absolute atomic E-state index is 11.2. The van der Waals surface area contributed by atoms with Crippen molar-refractivity contribution in [3.63, 3.8) is 0 Å². The topological polar surface area (TPSA) is 206 Å². The summed E-state index contributed by atoms with van der Waals surface area (Å²) in [7, 11) is 0. The molecule has 12 heteroatoms. The molecule has 0 radical (unpaired) electrons. The minimum atomic E-state index is -2.91. The van der Waals surface area contributed by atoms with E-state index < -0.39 is 60.4 Å². The van der Waals surface area contributed by atoms with Crippen LogP contribution in [0.4, 0.5) is 0 Å². The standard InChI is InChI=1S/C11H18N2O10/c1-3(14)12-5-4(15)2-11(21,10(19)20)23-8(5)6(16)7(17)9(18)13-22/h4-8,15-17,21-22H,2H2,1H3,(H,12,14)(H,13,18)(H,19,20)/t4-,5+,6+,7-,8+,11?/m0/s1. The molecule has 12 nitrogen and oxygen atoms in total. The number of nitrogens with one attached hydrogen (secondary N) is 2. The lowest BCUT2D eigenvalue weighted by molar-refractivity contribution is -0.293. The van der Waals surface area contributed by atoms with Gasteiger partial charge >= 0.3 is 5.97 Å². The molecule has 132 valence electrons. The lowest BCUT2D eigenvalue weighted by Gasteiger charge is -2.44. The number of carbonyl (C=O) groups is 3. The Hall–Kier alpha value is -1.83. The Labute approximate surface area is 129 Å². The van der Waals surface area contributed by atoms with E-state index in [4.69, 9.17) is 15.1 Å². The van der Waals surface area contributed by atoms with E-state index in [1.54, 1.807) is 0 Å². The molecular formula is C11H18N2O10. The molecule has 0 aromatic rings. The molecule has 0 saturated carbocycles. The lowest BCUT2D eigenvalue weighted by Crippen LogP contribution is -2.67. The summed E-state index contributed by atoms with van der Waals surface area (Å²) in [5.74, 6) is -6.91. The second-order valence-corrected chi connectivity index (χ2v) is 5.08. The third-order valence-electron chi connectivity index (χ3n) is 3.33. The molecule has 8 N–H and O–H groups in total. The second kappa shape index (κ2) is 7.16. The molecule has 6 atom stereocenters. The lowest BCUT2D eigenvalue weighted by atomic mass is 9.88. The average Bonchev–Trinajstić information content (AvgIpc) is 2.47. The second-order valence-electron chi connectivity index (χ2n) is 5.08. The number of hydrogen-bond donors (Lipinski definition) is 8. The Morgan fingerprint density at radius 3 is 2.30 bits per heavy atom. The zero-order chi connectivity index (χ0) is 17.9. The number of carbonyl (C=O) groups excluding carboxylic acids is 2. The molecule has 1 heterocycles. The number of amides is 2. The number of carboxylic acid groups (broad SMARTS) is 1. The number of aliphatic carboxylic acids is 1. The van der Waals surface area contributed by atoms with Gasteiger partial charge in [-0.2, -0.15) is 0 Å². The molecule has 0 spiro atoms. The van der Waals surface area contributed by atoms with Gasteiger partial charge in [-0.05, 0) is 0 Å². The van der Waals surface area contributed by atoms with Crippen LogP contribution in [0.3, 0.4) is 0 Å². The number of hydrogen-bond acceptors (Lipinski definition) is 9. The number of aliphatic hydroxyl groups is 4. The van der Waals surface area contributed by atoms with Gasteiger partial charge in [-0.1, -0.05) is 0 Å². The third kappa shape index (κ3) is 4.13. The highest BCUT2D eigenvalue weighted by Crippen LogP contribution is 2.30. The summed E-state index contributed by atoms with van der Waals surface area (Å²) in [6.45, 7) is 1.06. The van der Waals surface area contributed by atoms with E-state index in [0.29, 0.717) is 0 Å². The summed E-state index contributed by atoms with van der Waals surface area (Å²) in [4.78, 5) is 33.3. The quantitative estimate of drug-likeness (QED) is 0.178. The highest BCUT2D eigenvalue weighted by Gasteiger charge is 2.54. The maximum atomic E-state index is 11.2. The Morgan fingerprint density at radius 1 is 1.30 bits per heavy atom. The maximum Gasteiger partial charge on any atom is 0.364 e. The highest BCUT2D eigenvalue weighted by molar-refractivity contribution is 5.80. The van der Waals surface area contributed by atoms with Crippen LogP contribution in [0.15, 0.2) is 0 Å². The number of aliphatic hydroxyl groups excluding tert-OH is 3. The predicted octanol–water partition coefficient (Wildman–Crippen LogP) is -4.36. The van der Waals surface area contributed by atoms with Crippen molar-refractivity contribution >= 4 is 17.8 Å². The molecule has 1 fully saturated rings. The van der Waals surface area contributed by atoms with Crippen molar-refractivity contribution in [3.8, 4) is 0 Å². The summed E-state index contributed by atoms with van der Waals surface area (Å²) >= 11 is 0. The van der Waals surface area contributed by atoms with Crippen LogP contribution in [0.1, 0.15) is 13.3 Å². The van der Waals surface area contributed by atoms with Gasteiger partial charge in [-0.15, -0.1) is 0 Å². The highest BCUT2D eigenvalue weighted by atomic mass is 16.7. The van der Waals surface area contributed by atoms with Crippen molar-refractivity contribution in [1.29, 1.82) is 0 Å². The molecule has 0 aromatic heterocycles. The van der Waals surface area contributed by atoms with E-state index in [2.05, 4.69) is 5.32 Å². The minimum absolute atomic E-state index is 0.684. The summed E-state index contributed by atoms with van der Waals surface area (Å²) in [5.41, 5.74) is 1.06. The molecule has 23 heavy (non-hydrogen) atoms. The molecule has 1 unspecified atom stereocenters. The van der Waals surface area contributed by atoms with Gasteiger partial charge in [0, 0.05) is 13.3 Å². The SMILES string of the molecule is CC(=O)N[C@H]1[C@H]([C@H](O)[C@H](O)C(=O)NO)OC(O)(C(=O)O)C[C@@H]1O. The first kappa shape index (κ1) is 19.2. The smallest absolute Gasteiger partial charge is 0.364 e. The van der Waals surface area contributed by atoms with Gasteiger partial charge in [-0.3, -0.25) is 14.8 Å². The van der Waals surface area contributed by atoms with E-state index >= 15 is 0 Å². The van der Waals surface area contributed by atoms with Crippen LogP contribution < -0.4 is 10.8 Å². The summed E-state index contributed by atoms with van der Waals surface area (Å²) in [6.07, 6.45) is -8.84. The molecule has 0 bridgehead atoms. The Balaban J connectivity index is 3.13. The molecule has 0 aromatic carbocycles. The number of hydroxylamine groups is 1. The Morgan fingerprint density at radius 2 is 1.87 bits per heavy atom. The van der Waals surface area contributed by atoms with Gasteiger partial charge < -0.3 is 35.6 Å². The molecule has 2 amide bonds. The van der Waals surface area contributed by atoms with Crippen LogP contribution in [0.25, 0.3) is 0 Å². The third-order valence-corrected chi connectivity index (χ3v) is 3.33. The summed E-state index contributed by atoms with van der Waals surface area (Å²) in [5, 5.41) is 58.8. The van der Waals surface area contributed by atoms with Crippen LogP contribution in [-0.2, 0) is 19.1 Å². The van der Waals surface area contributed by atoms with Gasteiger partial charge in [0.15, 0.2) is 6.10 Å². The molecule has 1 saturated heterocycles. The Kier molecular flexibility index (Phi) is 5.98. The zero-order valence-electron chi connectivity index (χ0n) is 11.9. The van der Waals surface area contributed by atoms with E-state index in [1.807, 2.05) is 0 Å². The van der Waals surface area contributed by atoms with Crippen molar-refractivity contribution in [2.24, 2.45) is 0 Å². The molecule has 1 aliphatic rings. The van der Waals surface area contributed by atoms with Gasteiger partial charge in [0.2, 0.25) is 5.91 Å². The predicted molar refractivity (Wildman–Crippen MR) is 67.6 cm³/mol. The average molecular weight is 338 g/mol. The largest absolute Gasteiger partial charge is 0.477 e. The van der Waals surface area contributed by atoms with Crippen LogP contribution in [0, 0.1) is 0 Å². The number of carboxylic acids is 1. The molecule has 1 aliphatic heterocycles. The van der Waals surface area contributed by atoms with E-state index in [9.17, 15) is 34.8 Å². The molecule has 0 aliphatic carbocycles. The monoisotopic (exact) mass is 338 g/mol. The van der Waals surface area contributed by atoms with Gasteiger partial charge in [0.05, 0.1) is 12.1 Å². The Bertz CT molecular complexity index is 485. The molecule has 1 rings (SSSR count). The normalized spacial score (nSPS) is 33.4. The van der Waals surface area contributed by atoms with Crippen molar-refractivity contribution in [2.45, 2.75) is 49.6 Å². The van der Waals surface area contributed by atoms with Crippen LogP contribution in [-0.4, -0.2) is 84.8 Å². The first-order valence-corrected chi connectivity index (χ1v) is 6.42. The summed E-state index contributed by atoms with van der Waals surface area (Å²) in [6, 6.07) is -1.43. The van der Waals surface area contributed by atoms with Gasteiger partial charge in [0.1, 0.15) is 12.2 Å². The number of ether oxygens (including phenoxy) is 1.